The third kappa shape index (κ3) is 2.86. The average molecular weight is 314 g/mol. The summed E-state index contributed by atoms with van der Waals surface area (Å²) in [6.45, 7) is 9.63. The van der Waals surface area contributed by atoms with Gasteiger partial charge in [0.15, 0.2) is 0 Å². The third-order valence-corrected chi connectivity index (χ3v) is 6.63. The normalized spacial score (nSPS) is 19.3. The molecule has 1 N–H and O–H groups in total. The molecule has 0 atom stereocenters. The van der Waals surface area contributed by atoms with Gasteiger partial charge in [0, 0.05) is 18.6 Å². The molecule has 0 bridgehead atoms. The molecule has 120 valence electrons. The Hall–Kier alpha value is -0.920. The zero-order valence-corrected chi connectivity index (χ0v) is 14.4. The molecule has 6 nitrogen and oxygen atoms in total. The van der Waals surface area contributed by atoms with Crippen LogP contribution in [0.15, 0.2) is 4.90 Å². The van der Waals surface area contributed by atoms with Crippen molar-refractivity contribution in [3.8, 4) is 0 Å². The van der Waals surface area contributed by atoms with Gasteiger partial charge in [0.2, 0.25) is 10.0 Å². The molecule has 0 radical (unpaired) electrons. The molecule has 1 aromatic rings. The second-order valence-electron chi connectivity index (χ2n) is 6.32. The minimum Gasteiger partial charge on any atom is -0.318 e. The van der Waals surface area contributed by atoms with Gasteiger partial charge in [-0.1, -0.05) is 0 Å². The maximum atomic E-state index is 13.0. The summed E-state index contributed by atoms with van der Waals surface area (Å²) >= 11 is 0. The fourth-order valence-electron chi connectivity index (χ4n) is 3.13. The van der Waals surface area contributed by atoms with Gasteiger partial charge in [-0.3, -0.25) is 4.68 Å². The molecule has 1 aliphatic heterocycles. The van der Waals surface area contributed by atoms with Crippen LogP contribution in [0.3, 0.4) is 0 Å². The van der Waals surface area contributed by atoms with Crippen LogP contribution in [0, 0.1) is 13.8 Å². The predicted octanol–water partition coefficient (Wildman–Crippen LogP) is 1.28. The van der Waals surface area contributed by atoms with E-state index in [2.05, 4.69) is 10.4 Å². The van der Waals surface area contributed by atoms with Crippen molar-refractivity contribution in [2.24, 2.45) is 0 Å². The summed E-state index contributed by atoms with van der Waals surface area (Å²) in [6, 6.07) is 0. The Labute approximate surface area is 127 Å². The van der Waals surface area contributed by atoms with Crippen molar-refractivity contribution in [1.82, 2.24) is 19.4 Å². The van der Waals surface area contributed by atoms with Crippen molar-refractivity contribution >= 4 is 10.0 Å². The topological polar surface area (TPSA) is 67.2 Å². The summed E-state index contributed by atoms with van der Waals surface area (Å²) in [7, 11) is -1.61. The van der Waals surface area contributed by atoms with Crippen molar-refractivity contribution in [2.75, 3.05) is 20.1 Å². The van der Waals surface area contributed by atoms with E-state index in [1.165, 1.54) is 0 Å². The number of hydrogen-bond donors (Lipinski definition) is 1. The van der Waals surface area contributed by atoms with Crippen molar-refractivity contribution in [1.29, 1.82) is 0 Å². The first-order valence-corrected chi connectivity index (χ1v) is 8.87. The molecular formula is C14H26N4O2S. The number of sulfonamides is 1. The van der Waals surface area contributed by atoms with E-state index in [9.17, 15) is 8.42 Å². The van der Waals surface area contributed by atoms with Crippen LogP contribution in [0.4, 0.5) is 0 Å². The average Bonchev–Trinajstić information content (AvgIpc) is 2.87. The smallest absolute Gasteiger partial charge is 0.247 e. The van der Waals surface area contributed by atoms with Gasteiger partial charge in [-0.15, -0.1) is 0 Å². The van der Waals surface area contributed by atoms with E-state index < -0.39 is 10.0 Å². The molecule has 2 heterocycles. The number of aromatic nitrogens is 2. The Kier molecular flexibility index (Phi) is 4.46. The quantitative estimate of drug-likeness (QED) is 0.889. The lowest BCUT2D eigenvalue weighted by Crippen LogP contribution is -2.42. The van der Waals surface area contributed by atoms with E-state index >= 15 is 0 Å². The Morgan fingerprint density at radius 1 is 1.33 bits per heavy atom. The molecule has 0 amide bonds. The number of nitrogens with one attached hydrogen (secondary N) is 1. The highest BCUT2D eigenvalue weighted by atomic mass is 32.2. The number of rotatable bonds is 5. The van der Waals surface area contributed by atoms with E-state index in [1.54, 1.807) is 15.9 Å². The highest BCUT2D eigenvalue weighted by Gasteiger charge is 2.42. The maximum absolute atomic E-state index is 13.0. The van der Waals surface area contributed by atoms with Crippen LogP contribution in [-0.4, -0.2) is 48.2 Å². The first-order chi connectivity index (χ1) is 9.71. The summed E-state index contributed by atoms with van der Waals surface area (Å²) in [4.78, 5) is 0.383. The lowest BCUT2D eigenvalue weighted by Gasteiger charge is -2.30. The standard InChI is InChI=1S/C14H26N4O2S/c1-11-13(12(2)17(16-11)10-8-15-5)21(19,20)18-9-6-7-14(18,3)4/h15H,6-10H2,1-5H3. The van der Waals surface area contributed by atoms with E-state index in [1.807, 2.05) is 27.8 Å². The number of likely N-dealkylation sites (N-methyl/N-ethyl adjacent to an activating group) is 1. The minimum absolute atomic E-state index is 0.315. The van der Waals surface area contributed by atoms with Crippen LogP contribution >= 0.6 is 0 Å². The number of aryl methyl sites for hydroxylation is 1. The molecule has 21 heavy (non-hydrogen) atoms. The van der Waals surface area contributed by atoms with E-state index in [4.69, 9.17) is 0 Å². The predicted molar refractivity (Wildman–Crippen MR) is 82.8 cm³/mol. The van der Waals surface area contributed by atoms with Crippen LogP contribution < -0.4 is 5.32 Å². The highest BCUT2D eigenvalue weighted by Crippen LogP contribution is 2.35. The third-order valence-electron chi connectivity index (χ3n) is 4.26. The van der Waals surface area contributed by atoms with Gasteiger partial charge < -0.3 is 5.32 Å². The van der Waals surface area contributed by atoms with E-state index in [-0.39, 0.29) is 5.54 Å². The Bertz CT molecular complexity index is 619. The first-order valence-electron chi connectivity index (χ1n) is 7.43. The van der Waals surface area contributed by atoms with Crippen LogP contribution in [-0.2, 0) is 16.6 Å². The fourth-order valence-corrected chi connectivity index (χ4v) is 5.35. The zero-order valence-electron chi connectivity index (χ0n) is 13.6. The second-order valence-corrected chi connectivity index (χ2v) is 8.12. The molecule has 0 aromatic carbocycles. The lowest BCUT2D eigenvalue weighted by molar-refractivity contribution is 0.291. The fraction of sp³-hybridized carbons (Fsp3) is 0.786. The SMILES string of the molecule is CNCCn1nc(C)c(S(=O)(=O)N2CCCC2(C)C)c1C. The molecule has 0 spiro atoms. The van der Waals surface area contributed by atoms with Crippen LogP contribution in [0.1, 0.15) is 38.1 Å². The molecule has 2 rings (SSSR count). The molecule has 0 aliphatic carbocycles. The lowest BCUT2D eigenvalue weighted by atomic mass is 10.0. The van der Waals surface area contributed by atoms with E-state index in [0.29, 0.717) is 23.7 Å². The Morgan fingerprint density at radius 2 is 2.00 bits per heavy atom. The van der Waals surface area contributed by atoms with Crippen molar-refractivity contribution in [3.63, 3.8) is 0 Å². The largest absolute Gasteiger partial charge is 0.318 e. The Morgan fingerprint density at radius 3 is 2.52 bits per heavy atom. The van der Waals surface area contributed by atoms with Crippen molar-refractivity contribution in [2.45, 2.75) is 57.5 Å². The molecule has 0 saturated carbocycles. The maximum Gasteiger partial charge on any atom is 0.247 e. The summed E-state index contributed by atoms with van der Waals surface area (Å²) in [5.41, 5.74) is 1.00. The monoisotopic (exact) mass is 314 g/mol. The summed E-state index contributed by atoms with van der Waals surface area (Å²) in [6.07, 6.45) is 1.82. The van der Waals surface area contributed by atoms with Gasteiger partial charge in [-0.05, 0) is 47.6 Å². The van der Waals surface area contributed by atoms with Gasteiger partial charge in [0.1, 0.15) is 4.90 Å². The summed E-state index contributed by atoms with van der Waals surface area (Å²) in [5.74, 6) is 0. The molecular weight excluding hydrogens is 288 g/mol. The van der Waals surface area contributed by atoms with Crippen LogP contribution in [0.25, 0.3) is 0 Å². The van der Waals surface area contributed by atoms with Gasteiger partial charge in [-0.2, -0.15) is 9.40 Å². The van der Waals surface area contributed by atoms with Crippen molar-refractivity contribution < 1.29 is 8.42 Å². The second kappa shape index (κ2) is 5.70. The van der Waals surface area contributed by atoms with Gasteiger partial charge in [-0.25, -0.2) is 8.42 Å². The van der Waals surface area contributed by atoms with Crippen molar-refractivity contribution in [3.05, 3.63) is 11.4 Å². The van der Waals surface area contributed by atoms with Gasteiger partial charge in [0.05, 0.1) is 17.9 Å². The molecule has 1 saturated heterocycles. The number of nitrogens with zero attached hydrogens (tertiary/aromatic N) is 3. The zero-order chi connectivity index (χ0) is 15.8. The summed E-state index contributed by atoms with van der Waals surface area (Å²) < 4.78 is 29.5. The molecule has 1 aromatic heterocycles. The molecule has 7 heteroatoms. The number of hydrogen-bond acceptors (Lipinski definition) is 4. The van der Waals surface area contributed by atoms with Crippen LogP contribution in [0.2, 0.25) is 0 Å². The summed E-state index contributed by atoms with van der Waals surface area (Å²) in [5, 5.41) is 7.46. The van der Waals surface area contributed by atoms with Gasteiger partial charge >= 0.3 is 0 Å². The first kappa shape index (κ1) is 16.5. The minimum atomic E-state index is -3.48. The van der Waals surface area contributed by atoms with Gasteiger partial charge in [0.25, 0.3) is 0 Å². The Balaban J connectivity index is 2.43. The molecule has 1 aliphatic rings. The highest BCUT2D eigenvalue weighted by molar-refractivity contribution is 7.89. The van der Waals surface area contributed by atoms with Crippen LogP contribution in [0.5, 0.6) is 0 Å². The molecule has 0 unspecified atom stereocenters. The molecule has 1 fully saturated rings. The van der Waals surface area contributed by atoms with E-state index in [0.717, 1.165) is 25.1 Å².